The zero-order valence-corrected chi connectivity index (χ0v) is 12.9. The number of nitrogens with two attached hydrogens (primary N) is 1. The molecule has 0 aliphatic heterocycles. The van der Waals surface area contributed by atoms with Crippen molar-refractivity contribution in [3.8, 4) is 0 Å². The van der Waals surface area contributed by atoms with Crippen LogP contribution < -0.4 is 5.73 Å². The number of hydrogen-bond acceptors (Lipinski definition) is 2. The zero-order chi connectivity index (χ0) is 15.4. The van der Waals surface area contributed by atoms with Crippen LogP contribution in [0.25, 0.3) is 0 Å². The van der Waals surface area contributed by atoms with Crippen LogP contribution >= 0.6 is 0 Å². The van der Waals surface area contributed by atoms with E-state index in [0.29, 0.717) is 17.8 Å². The molecular weight excluding hydrogens is 260 g/mol. The van der Waals surface area contributed by atoms with Crippen LogP contribution in [-0.4, -0.2) is 17.9 Å². The Morgan fingerprint density at radius 2 is 1.71 bits per heavy atom. The SMILES string of the molecule is CCc1ccc(CN(C)C(=O)c2ccc(C)c(N)c2)cc1. The van der Waals surface area contributed by atoms with Crippen LogP contribution in [0.5, 0.6) is 0 Å². The van der Waals surface area contributed by atoms with Crippen LogP contribution in [0, 0.1) is 6.92 Å². The fourth-order valence-corrected chi connectivity index (χ4v) is 2.22. The van der Waals surface area contributed by atoms with Gasteiger partial charge in [-0.3, -0.25) is 4.79 Å². The molecule has 0 saturated heterocycles. The normalized spacial score (nSPS) is 10.4. The molecule has 2 aromatic rings. The number of nitrogen functional groups attached to an aromatic ring is 1. The molecule has 2 N–H and O–H groups in total. The van der Waals surface area contributed by atoms with E-state index < -0.39 is 0 Å². The number of anilines is 1. The van der Waals surface area contributed by atoms with Crippen LogP contribution in [0.15, 0.2) is 42.5 Å². The van der Waals surface area contributed by atoms with Gasteiger partial charge in [-0.1, -0.05) is 37.3 Å². The highest BCUT2D eigenvalue weighted by Crippen LogP contribution is 2.15. The molecule has 110 valence electrons. The van der Waals surface area contributed by atoms with Gasteiger partial charge in [0.25, 0.3) is 5.91 Å². The maximum absolute atomic E-state index is 12.4. The van der Waals surface area contributed by atoms with Crippen LogP contribution in [-0.2, 0) is 13.0 Å². The highest BCUT2D eigenvalue weighted by atomic mass is 16.2. The van der Waals surface area contributed by atoms with E-state index in [1.807, 2.05) is 26.1 Å². The van der Waals surface area contributed by atoms with Gasteiger partial charge in [0.05, 0.1) is 0 Å². The Kier molecular flexibility index (Phi) is 4.63. The number of benzene rings is 2. The van der Waals surface area contributed by atoms with Crippen LogP contribution in [0.3, 0.4) is 0 Å². The molecule has 0 radical (unpaired) electrons. The van der Waals surface area contributed by atoms with Gasteiger partial charge in [-0.05, 0) is 42.2 Å². The quantitative estimate of drug-likeness (QED) is 0.873. The summed E-state index contributed by atoms with van der Waals surface area (Å²) in [5, 5.41) is 0. The average molecular weight is 282 g/mol. The molecule has 1 amide bonds. The number of aryl methyl sites for hydroxylation is 2. The van der Waals surface area contributed by atoms with Crippen LogP contribution in [0.1, 0.15) is 34.0 Å². The van der Waals surface area contributed by atoms with Crippen molar-refractivity contribution in [3.05, 3.63) is 64.7 Å². The van der Waals surface area contributed by atoms with Crippen molar-refractivity contribution in [2.45, 2.75) is 26.8 Å². The third-order valence-electron chi connectivity index (χ3n) is 3.72. The van der Waals surface area contributed by atoms with Gasteiger partial charge >= 0.3 is 0 Å². The van der Waals surface area contributed by atoms with Crippen molar-refractivity contribution in [1.82, 2.24) is 4.90 Å². The molecule has 0 fully saturated rings. The van der Waals surface area contributed by atoms with Gasteiger partial charge in [0, 0.05) is 24.8 Å². The van der Waals surface area contributed by atoms with Crippen LogP contribution in [0.2, 0.25) is 0 Å². The maximum atomic E-state index is 12.4. The Morgan fingerprint density at radius 3 is 2.29 bits per heavy atom. The highest BCUT2D eigenvalue weighted by Gasteiger charge is 2.12. The minimum absolute atomic E-state index is 0.0127. The van der Waals surface area contributed by atoms with E-state index in [1.165, 1.54) is 5.56 Å². The number of amides is 1. The summed E-state index contributed by atoms with van der Waals surface area (Å²) in [5.41, 5.74) is 10.6. The Balaban J connectivity index is 2.09. The van der Waals surface area contributed by atoms with E-state index in [0.717, 1.165) is 17.5 Å². The Morgan fingerprint density at radius 1 is 1.10 bits per heavy atom. The smallest absolute Gasteiger partial charge is 0.253 e. The Hall–Kier alpha value is -2.29. The number of hydrogen-bond donors (Lipinski definition) is 1. The van der Waals surface area contributed by atoms with E-state index in [1.54, 1.807) is 11.0 Å². The van der Waals surface area contributed by atoms with Crippen molar-refractivity contribution < 1.29 is 4.79 Å². The zero-order valence-electron chi connectivity index (χ0n) is 12.9. The molecule has 2 aromatic carbocycles. The van der Waals surface area contributed by atoms with E-state index in [2.05, 4.69) is 31.2 Å². The third-order valence-corrected chi connectivity index (χ3v) is 3.72. The lowest BCUT2D eigenvalue weighted by Crippen LogP contribution is -2.26. The van der Waals surface area contributed by atoms with Crippen LogP contribution in [0.4, 0.5) is 5.69 Å². The molecule has 0 aliphatic carbocycles. The molecule has 0 bridgehead atoms. The fraction of sp³-hybridized carbons (Fsp3) is 0.278. The lowest BCUT2D eigenvalue weighted by molar-refractivity contribution is 0.0785. The van der Waals surface area contributed by atoms with Crippen molar-refractivity contribution >= 4 is 11.6 Å². The summed E-state index contributed by atoms with van der Waals surface area (Å²) in [6, 6.07) is 13.8. The summed E-state index contributed by atoms with van der Waals surface area (Å²) >= 11 is 0. The van der Waals surface area contributed by atoms with E-state index in [9.17, 15) is 4.79 Å². The van der Waals surface area contributed by atoms with Gasteiger partial charge in [0.1, 0.15) is 0 Å². The van der Waals surface area contributed by atoms with Crippen molar-refractivity contribution in [1.29, 1.82) is 0 Å². The number of carbonyl (C=O) groups excluding carboxylic acids is 1. The number of nitrogens with zero attached hydrogens (tertiary/aromatic N) is 1. The van der Waals surface area contributed by atoms with E-state index >= 15 is 0 Å². The molecule has 0 heterocycles. The summed E-state index contributed by atoms with van der Waals surface area (Å²) < 4.78 is 0. The molecule has 21 heavy (non-hydrogen) atoms. The monoisotopic (exact) mass is 282 g/mol. The molecule has 0 aliphatic rings. The van der Waals surface area contributed by atoms with E-state index in [4.69, 9.17) is 5.73 Å². The Labute approximate surface area is 126 Å². The fourth-order valence-electron chi connectivity index (χ4n) is 2.22. The van der Waals surface area contributed by atoms with E-state index in [-0.39, 0.29) is 5.91 Å². The predicted molar refractivity (Wildman–Crippen MR) is 87.2 cm³/mol. The van der Waals surface area contributed by atoms with Crippen molar-refractivity contribution in [3.63, 3.8) is 0 Å². The highest BCUT2D eigenvalue weighted by molar-refractivity contribution is 5.95. The molecule has 3 heteroatoms. The lowest BCUT2D eigenvalue weighted by Gasteiger charge is -2.18. The molecule has 0 atom stereocenters. The van der Waals surface area contributed by atoms with Gasteiger partial charge in [0.15, 0.2) is 0 Å². The van der Waals surface area contributed by atoms with Gasteiger partial charge in [0.2, 0.25) is 0 Å². The molecule has 0 aromatic heterocycles. The van der Waals surface area contributed by atoms with Crippen molar-refractivity contribution in [2.24, 2.45) is 0 Å². The second-order valence-corrected chi connectivity index (χ2v) is 5.40. The number of rotatable bonds is 4. The first-order chi connectivity index (χ1) is 10.0. The molecule has 2 rings (SSSR count). The molecular formula is C18H22N2O. The largest absolute Gasteiger partial charge is 0.398 e. The first-order valence-electron chi connectivity index (χ1n) is 7.20. The summed E-state index contributed by atoms with van der Waals surface area (Å²) in [5.74, 6) is -0.0127. The Bertz CT molecular complexity index is 632. The maximum Gasteiger partial charge on any atom is 0.253 e. The van der Waals surface area contributed by atoms with Gasteiger partial charge in [-0.15, -0.1) is 0 Å². The van der Waals surface area contributed by atoms with Gasteiger partial charge in [-0.2, -0.15) is 0 Å². The topological polar surface area (TPSA) is 46.3 Å². The lowest BCUT2D eigenvalue weighted by atomic mass is 10.1. The predicted octanol–water partition coefficient (Wildman–Crippen LogP) is 3.41. The minimum Gasteiger partial charge on any atom is -0.398 e. The molecule has 0 unspecified atom stereocenters. The second kappa shape index (κ2) is 6.44. The molecule has 3 nitrogen and oxygen atoms in total. The first kappa shape index (κ1) is 15.1. The summed E-state index contributed by atoms with van der Waals surface area (Å²) in [7, 11) is 1.81. The summed E-state index contributed by atoms with van der Waals surface area (Å²) in [6.45, 7) is 4.66. The standard InChI is InChI=1S/C18H22N2O/c1-4-14-6-8-15(9-7-14)12-20(3)18(21)16-10-5-13(2)17(19)11-16/h5-11H,4,12,19H2,1-3H3. The van der Waals surface area contributed by atoms with Gasteiger partial charge in [-0.25, -0.2) is 0 Å². The average Bonchev–Trinajstić information content (AvgIpc) is 2.50. The van der Waals surface area contributed by atoms with Gasteiger partial charge < -0.3 is 10.6 Å². The molecule has 0 saturated carbocycles. The molecule has 0 spiro atoms. The first-order valence-corrected chi connectivity index (χ1v) is 7.20. The summed E-state index contributed by atoms with van der Waals surface area (Å²) in [4.78, 5) is 14.1. The van der Waals surface area contributed by atoms with Crippen molar-refractivity contribution in [2.75, 3.05) is 12.8 Å². The second-order valence-electron chi connectivity index (χ2n) is 5.40. The third kappa shape index (κ3) is 3.63. The minimum atomic E-state index is -0.0127. The summed E-state index contributed by atoms with van der Waals surface area (Å²) in [6.07, 6.45) is 1.03. The number of carbonyl (C=O) groups is 1.